The van der Waals surface area contributed by atoms with Crippen LogP contribution in [0, 0.1) is 0 Å². The lowest BCUT2D eigenvalue weighted by Gasteiger charge is -2.14. The molecule has 126 valence electrons. The highest BCUT2D eigenvalue weighted by molar-refractivity contribution is 14.1. The first kappa shape index (κ1) is 18.2. The molecule has 1 amide bonds. The fourth-order valence-corrected chi connectivity index (χ4v) is 2.95. The zero-order chi connectivity index (χ0) is 17.9. The Kier molecular flexibility index (Phi) is 5.76. The van der Waals surface area contributed by atoms with E-state index in [0.717, 1.165) is 27.5 Å². The van der Waals surface area contributed by atoms with Gasteiger partial charge in [-0.15, -0.1) is 0 Å². The second-order valence-electron chi connectivity index (χ2n) is 5.30. The van der Waals surface area contributed by atoms with Crippen molar-refractivity contribution in [2.45, 2.75) is 13.8 Å². The number of hydrogen-bond donors (Lipinski definition) is 1. The van der Waals surface area contributed by atoms with Crippen molar-refractivity contribution in [2.75, 3.05) is 19.4 Å². The molecule has 2 aromatic rings. The highest BCUT2D eigenvalue weighted by atomic mass is 127. The van der Waals surface area contributed by atoms with Crippen LogP contribution in [0.3, 0.4) is 0 Å². The van der Waals surface area contributed by atoms with Gasteiger partial charge >= 0.3 is 0 Å². The first-order chi connectivity index (χ1) is 11.4. The van der Waals surface area contributed by atoms with E-state index in [9.17, 15) is 4.79 Å². The molecule has 6 nitrogen and oxygen atoms in total. The van der Waals surface area contributed by atoms with Crippen molar-refractivity contribution in [3.05, 3.63) is 42.2 Å². The van der Waals surface area contributed by atoms with Crippen molar-refractivity contribution < 1.29 is 4.79 Å². The van der Waals surface area contributed by atoms with Crippen LogP contribution in [-0.2, 0) is 4.79 Å². The third-order valence-corrected chi connectivity index (χ3v) is 3.71. The quantitative estimate of drug-likeness (QED) is 0.590. The van der Waals surface area contributed by atoms with Crippen molar-refractivity contribution in [3.8, 4) is 0 Å². The molecule has 0 spiro atoms. The van der Waals surface area contributed by atoms with E-state index in [-0.39, 0.29) is 5.91 Å². The number of halogens is 1. The molecule has 2 heterocycles. The lowest BCUT2D eigenvalue weighted by Crippen LogP contribution is -2.22. The van der Waals surface area contributed by atoms with Crippen LogP contribution in [0.5, 0.6) is 0 Å². The summed E-state index contributed by atoms with van der Waals surface area (Å²) in [5.41, 5.74) is 3.76. The van der Waals surface area contributed by atoms with Crippen LogP contribution in [0.2, 0.25) is 0 Å². The Balaban J connectivity index is 2.81. The fourth-order valence-electron chi connectivity index (χ4n) is 2.53. The van der Waals surface area contributed by atoms with Gasteiger partial charge in [0.25, 0.3) is 0 Å². The molecule has 7 heteroatoms. The van der Waals surface area contributed by atoms with Crippen molar-refractivity contribution >= 4 is 57.3 Å². The summed E-state index contributed by atoms with van der Waals surface area (Å²) in [4.78, 5) is 20.0. The minimum atomic E-state index is -0.159. The van der Waals surface area contributed by atoms with Crippen LogP contribution in [0.15, 0.2) is 36.1 Å². The van der Waals surface area contributed by atoms with Crippen LogP contribution in [0.4, 0.5) is 5.82 Å². The third-order valence-electron chi connectivity index (χ3n) is 3.44. The van der Waals surface area contributed by atoms with Gasteiger partial charge in [0.05, 0.1) is 28.4 Å². The number of fused-ring (bicyclic) bond motifs is 1. The standard InChI is InChI=1S/C17H20IN5O/c1-6-23-15-8-16(21-12(3)24)20-9-13(15)7-14(17(23)19-4)11(2)10-22(5)18/h6-10H,1H2,2-5H3,(H,20,21,24)/b11-10-,19-17?. The second kappa shape index (κ2) is 7.61. The molecule has 0 atom stereocenters. The van der Waals surface area contributed by atoms with Crippen molar-refractivity contribution in [3.63, 3.8) is 0 Å². The molecular weight excluding hydrogens is 417 g/mol. The number of allylic oxidation sites excluding steroid dienone is 1. The Morgan fingerprint density at radius 3 is 2.71 bits per heavy atom. The summed E-state index contributed by atoms with van der Waals surface area (Å²) < 4.78 is 3.87. The number of pyridine rings is 2. The van der Waals surface area contributed by atoms with E-state index in [0.29, 0.717) is 5.82 Å². The number of aromatic nitrogens is 2. The first-order valence-electron chi connectivity index (χ1n) is 7.33. The van der Waals surface area contributed by atoms with E-state index < -0.39 is 0 Å². The molecule has 0 saturated heterocycles. The topological polar surface area (TPSA) is 62.5 Å². The van der Waals surface area contributed by atoms with Crippen LogP contribution in [-0.4, -0.2) is 32.7 Å². The Hall–Kier alpha value is -2.16. The maximum Gasteiger partial charge on any atom is 0.222 e. The summed E-state index contributed by atoms with van der Waals surface area (Å²) in [6.45, 7) is 7.40. The van der Waals surface area contributed by atoms with Gasteiger partial charge in [-0.3, -0.25) is 9.79 Å². The molecule has 0 aliphatic heterocycles. The monoisotopic (exact) mass is 437 g/mol. The highest BCUT2D eigenvalue weighted by Crippen LogP contribution is 2.21. The number of nitrogens with one attached hydrogen (secondary N) is 1. The van der Waals surface area contributed by atoms with Crippen molar-refractivity contribution in [2.24, 2.45) is 4.99 Å². The summed E-state index contributed by atoms with van der Waals surface area (Å²) in [5, 5.41) is 3.64. The Labute approximate surface area is 155 Å². The summed E-state index contributed by atoms with van der Waals surface area (Å²) in [7, 11) is 3.72. The SMILES string of the molecule is C=Cn1c(=NC)c(/C(C)=C\N(C)I)cc2cnc(NC(C)=O)cc21. The second-order valence-corrected chi connectivity index (χ2v) is 6.83. The zero-order valence-electron chi connectivity index (χ0n) is 14.2. The number of nitrogens with zero attached hydrogens (tertiary/aromatic N) is 4. The van der Waals surface area contributed by atoms with Gasteiger partial charge in [-0.05, 0) is 18.6 Å². The molecule has 0 aromatic carbocycles. The number of anilines is 1. The molecule has 0 radical (unpaired) electrons. The zero-order valence-corrected chi connectivity index (χ0v) is 16.3. The maximum absolute atomic E-state index is 11.3. The lowest BCUT2D eigenvalue weighted by atomic mass is 10.1. The molecule has 0 fully saturated rings. The summed E-state index contributed by atoms with van der Waals surface area (Å²) in [6.07, 6.45) is 5.49. The normalized spacial score (nSPS) is 12.4. The van der Waals surface area contributed by atoms with E-state index in [4.69, 9.17) is 0 Å². The maximum atomic E-state index is 11.3. The van der Waals surface area contributed by atoms with E-state index in [2.05, 4.69) is 44.7 Å². The van der Waals surface area contributed by atoms with E-state index in [1.807, 2.05) is 40.0 Å². The van der Waals surface area contributed by atoms with Gasteiger partial charge in [0.2, 0.25) is 5.91 Å². The molecule has 0 saturated carbocycles. The van der Waals surface area contributed by atoms with Crippen molar-refractivity contribution in [1.29, 1.82) is 0 Å². The van der Waals surface area contributed by atoms with Gasteiger partial charge in [0.1, 0.15) is 11.3 Å². The molecule has 2 rings (SSSR count). The summed E-state index contributed by atoms with van der Waals surface area (Å²) in [5.74, 6) is 0.340. The van der Waals surface area contributed by atoms with E-state index in [1.54, 1.807) is 19.4 Å². The van der Waals surface area contributed by atoms with E-state index in [1.165, 1.54) is 6.92 Å². The molecule has 2 aromatic heterocycles. The van der Waals surface area contributed by atoms with Crippen LogP contribution < -0.4 is 10.8 Å². The van der Waals surface area contributed by atoms with Gasteiger partial charge in [-0.2, -0.15) is 0 Å². The fraction of sp³-hybridized carbons (Fsp3) is 0.235. The average molecular weight is 437 g/mol. The van der Waals surface area contributed by atoms with Gasteiger partial charge in [-0.1, -0.05) is 6.58 Å². The number of carbonyl (C=O) groups is 1. The molecule has 0 bridgehead atoms. The molecular formula is C17H20IN5O. The summed E-state index contributed by atoms with van der Waals surface area (Å²) in [6, 6.07) is 3.87. The molecule has 1 N–H and O–H groups in total. The van der Waals surface area contributed by atoms with Crippen molar-refractivity contribution in [1.82, 2.24) is 12.7 Å². The van der Waals surface area contributed by atoms with Gasteiger partial charge in [-0.25, -0.2) is 4.98 Å². The smallest absolute Gasteiger partial charge is 0.222 e. The van der Waals surface area contributed by atoms with Crippen LogP contribution in [0.25, 0.3) is 22.7 Å². The predicted octanol–water partition coefficient (Wildman–Crippen LogP) is 3.27. The summed E-state index contributed by atoms with van der Waals surface area (Å²) >= 11 is 2.21. The molecule has 0 aliphatic carbocycles. The highest BCUT2D eigenvalue weighted by Gasteiger charge is 2.10. The number of hydrogen-bond acceptors (Lipinski definition) is 4. The van der Waals surface area contributed by atoms with E-state index >= 15 is 0 Å². The van der Waals surface area contributed by atoms with Crippen LogP contribution >= 0.6 is 22.9 Å². The Morgan fingerprint density at radius 1 is 1.46 bits per heavy atom. The van der Waals surface area contributed by atoms with Crippen LogP contribution in [0.1, 0.15) is 19.4 Å². The predicted molar refractivity (Wildman–Crippen MR) is 107 cm³/mol. The Bertz CT molecular complexity index is 896. The average Bonchev–Trinajstić information content (AvgIpc) is 2.51. The number of carbonyl (C=O) groups excluding carboxylic acids is 1. The molecule has 0 aliphatic rings. The van der Waals surface area contributed by atoms with Gasteiger partial charge < -0.3 is 13.0 Å². The minimum Gasteiger partial charge on any atom is -0.324 e. The number of rotatable bonds is 4. The molecule has 0 unspecified atom stereocenters. The van der Waals surface area contributed by atoms with Gasteiger partial charge in [0, 0.05) is 56.6 Å². The third kappa shape index (κ3) is 3.84. The lowest BCUT2D eigenvalue weighted by molar-refractivity contribution is -0.114. The first-order valence-corrected chi connectivity index (χ1v) is 8.29. The largest absolute Gasteiger partial charge is 0.324 e. The van der Waals surface area contributed by atoms with Gasteiger partial charge in [0.15, 0.2) is 0 Å². The Morgan fingerprint density at radius 2 is 2.17 bits per heavy atom. The minimum absolute atomic E-state index is 0.159. The number of amides is 1. The molecule has 24 heavy (non-hydrogen) atoms.